The number of hydrogen-bond acceptors (Lipinski definition) is 8. The van der Waals surface area contributed by atoms with E-state index in [-0.39, 0.29) is 22.9 Å². The van der Waals surface area contributed by atoms with E-state index in [4.69, 9.17) is 26.1 Å². The van der Waals surface area contributed by atoms with Crippen LogP contribution < -0.4 is 15.0 Å². The molecule has 6 heterocycles. The van der Waals surface area contributed by atoms with Crippen LogP contribution in [-0.4, -0.2) is 81.5 Å². The van der Waals surface area contributed by atoms with Gasteiger partial charge in [-0.05, 0) is 73.9 Å². The number of pyridine rings is 1. The summed E-state index contributed by atoms with van der Waals surface area (Å²) in [6.07, 6.45) is 11.2. The molecule has 0 radical (unpaired) electrons. The minimum Gasteiger partial charge on any atom is -0.508 e. The van der Waals surface area contributed by atoms with E-state index in [1.54, 1.807) is 24.4 Å². The Morgan fingerprint density at radius 3 is 2.75 bits per heavy atom. The van der Waals surface area contributed by atoms with Crippen LogP contribution in [-0.2, 0) is 0 Å². The maximum Gasteiger partial charge on any atom is 0.319 e. The second-order valence-electron chi connectivity index (χ2n) is 12.9. The smallest absolute Gasteiger partial charge is 0.319 e. The van der Waals surface area contributed by atoms with Gasteiger partial charge in [-0.15, -0.1) is 6.42 Å². The van der Waals surface area contributed by atoms with Crippen LogP contribution in [0.1, 0.15) is 43.2 Å². The third-order valence-electron chi connectivity index (χ3n) is 10.2. The maximum atomic E-state index is 14.9. The maximum absolute atomic E-state index is 14.9. The molecular weight excluding hydrogens is 562 g/mol. The Balaban J connectivity index is 1.28. The van der Waals surface area contributed by atoms with Gasteiger partial charge in [-0.1, -0.05) is 12.0 Å². The summed E-state index contributed by atoms with van der Waals surface area (Å²) >= 11 is 0. The normalized spacial score (nSPS) is 26.4. The first kappa shape index (κ1) is 27.5. The summed E-state index contributed by atoms with van der Waals surface area (Å²) in [5, 5.41) is 15.5. The van der Waals surface area contributed by atoms with E-state index in [0.29, 0.717) is 70.4 Å². The zero-order valence-corrected chi connectivity index (χ0v) is 24.6. The van der Waals surface area contributed by atoms with E-state index in [0.717, 1.165) is 50.9 Å². The van der Waals surface area contributed by atoms with E-state index in [2.05, 4.69) is 21.0 Å². The summed E-state index contributed by atoms with van der Waals surface area (Å²) in [5.74, 6) is 2.74. The Kier molecular flexibility index (Phi) is 6.40. The van der Waals surface area contributed by atoms with Gasteiger partial charge in [0.25, 0.3) is 0 Å². The molecule has 4 aromatic rings. The van der Waals surface area contributed by atoms with Crippen molar-refractivity contribution < 1.29 is 18.6 Å². The van der Waals surface area contributed by atoms with Crippen molar-refractivity contribution in [2.45, 2.75) is 62.8 Å². The number of aromatic nitrogens is 3. The number of alkyl halides is 1. The summed E-state index contributed by atoms with van der Waals surface area (Å²) in [6.45, 7) is 5.18. The molecule has 0 saturated carbocycles. The van der Waals surface area contributed by atoms with Gasteiger partial charge in [-0.2, -0.15) is 9.97 Å². The zero-order chi connectivity index (χ0) is 30.2. The van der Waals surface area contributed by atoms with Crippen molar-refractivity contribution in [3.05, 3.63) is 47.4 Å². The molecule has 2 aromatic carbocycles. The second-order valence-corrected chi connectivity index (χ2v) is 12.9. The van der Waals surface area contributed by atoms with Crippen LogP contribution in [0.5, 0.6) is 11.8 Å². The van der Waals surface area contributed by atoms with Gasteiger partial charge in [-0.3, -0.25) is 9.88 Å². The predicted octanol–water partition coefficient (Wildman–Crippen LogP) is 4.88. The van der Waals surface area contributed by atoms with Crippen LogP contribution in [0.15, 0.2) is 30.5 Å². The van der Waals surface area contributed by atoms with Crippen LogP contribution in [0, 0.1) is 25.1 Å². The van der Waals surface area contributed by atoms with Crippen LogP contribution in [0.2, 0.25) is 0 Å². The van der Waals surface area contributed by atoms with Crippen molar-refractivity contribution in [2.75, 3.05) is 37.7 Å². The third-order valence-corrected chi connectivity index (χ3v) is 10.2. The van der Waals surface area contributed by atoms with Gasteiger partial charge in [0.05, 0.1) is 11.1 Å². The second kappa shape index (κ2) is 10.2. The summed E-state index contributed by atoms with van der Waals surface area (Å²) in [7, 11) is 0. The minimum atomic E-state index is -0.854. The number of benzene rings is 2. The minimum absolute atomic E-state index is 0.0355. The van der Waals surface area contributed by atoms with E-state index in [1.165, 1.54) is 6.07 Å². The number of anilines is 1. The number of aryl methyl sites for hydroxylation is 1. The molecule has 4 aliphatic rings. The average molecular weight is 597 g/mol. The summed E-state index contributed by atoms with van der Waals surface area (Å²) in [5.41, 5.74) is 3.08. The molecule has 4 aliphatic heterocycles. The highest BCUT2D eigenvalue weighted by Crippen LogP contribution is 2.42. The topological polar surface area (TPSA) is 86.6 Å². The molecule has 2 bridgehead atoms. The standard InChI is InChI=1S/C34H34F2N6O2/c1-3-25-28(36)8-5-20-11-24(43)12-26(29(20)25)27-14-37-31-30(19(27)2)39-33(40-32(31)41-16-22-6-7-23(17-41)38-22)44-18-34-9-4-10-42(34)15-21(35)13-34/h1,5,8,11-12,14,21-23,38,43H,4,6-7,9-10,13,15-18H2,2H3/t21-,22?,23?,34?/m1/s1. The molecule has 3 unspecified atom stereocenters. The Hall–Kier alpha value is -4.07. The average Bonchev–Trinajstić information content (AvgIpc) is 3.66. The van der Waals surface area contributed by atoms with Gasteiger partial charge in [0.1, 0.15) is 35.4 Å². The SMILES string of the molecule is C#Cc1c(F)ccc2cc(O)cc(-c3cnc4c(N5CC6CCC(C5)N6)nc(OCC56CCCN5C[C@H](F)C6)nc4c3C)c12. The number of aromatic hydroxyl groups is 1. The quantitative estimate of drug-likeness (QED) is 0.316. The van der Waals surface area contributed by atoms with Crippen molar-refractivity contribution in [3.63, 3.8) is 0 Å². The van der Waals surface area contributed by atoms with Gasteiger partial charge in [0.2, 0.25) is 0 Å². The lowest BCUT2D eigenvalue weighted by molar-refractivity contribution is 0.107. The predicted molar refractivity (Wildman–Crippen MR) is 165 cm³/mol. The van der Waals surface area contributed by atoms with E-state index >= 15 is 0 Å². The van der Waals surface area contributed by atoms with E-state index < -0.39 is 12.0 Å². The number of halogens is 2. The van der Waals surface area contributed by atoms with Crippen LogP contribution in [0.3, 0.4) is 0 Å². The Labute approximate surface area is 254 Å². The Morgan fingerprint density at radius 2 is 1.95 bits per heavy atom. The molecule has 226 valence electrons. The summed E-state index contributed by atoms with van der Waals surface area (Å²) in [6, 6.07) is 7.09. The molecule has 4 saturated heterocycles. The van der Waals surface area contributed by atoms with E-state index in [9.17, 15) is 13.9 Å². The van der Waals surface area contributed by atoms with Crippen molar-refractivity contribution >= 4 is 27.6 Å². The fourth-order valence-electron chi connectivity index (χ4n) is 8.11. The number of phenolic OH excluding ortho intramolecular Hbond substituents is 1. The molecule has 8 nitrogen and oxygen atoms in total. The summed E-state index contributed by atoms with van der Waals surface area (Å²) in [4.78, 5) is 19.2. The van der Waals surface area contributed by atoms with Gasteiger partial charge in [0, 0.05) is 55.3 Å². The largest absolute Gasteiger partial charge is 0.508 e. The molecule has 4 fully saturated rings. The number of ether oxygens (including phenoxy) is 1. The lowest BCUT2D eigenvalue weighted by atomic mass is 9.92. The van der Waals surface area contributed by atoms with Crippen molar-refractivity contribution in [2.24, 2.45) is 0 Å². The molecule has 10 heteroatoms. The number of hydrogen-bond donors (Lipinski definition) is 2. The number of nitrogens with zero attached hydrogens (tertiary/aromatic N) is 5. The number of terminal acetylenes is 1. The fourth-order valence-corrected chi connectivity index (χ4v) is 8.11. The van der Waals surface area contributed by atoms with Gasteiger partial charge < -0.3 is 20.1 Å². The first-order chi connectivity index (χ1) is 21.3. The van der Waals surface area contributed by atoms with Crippen molar-refractivity contribution in [3.8, 4) is 35.2 Å². The highest BCUT2D eigenvalue weighted by atomic mass is 19.1. The first-order valence-corrected chi connectivity index (χ1v) is 15.4. The molecule has 8 rings (SSSR count). The van der Waals surface area contributed by atoms with Crippen molar-refractivity contribution in [1.82, 2.24) is 25.2 Å². The highest BCUT2D eigenvalue weighted by molar-refractivity contribution is 6.04. The number of nitrogens with one attached hydrogen (secondary N) is 1. The fraction of sp³-hybridized carbons (Fsp3) is 0.441. The first-order valence-electron chi connectivity index (χ1n) is 15.4. The molecule has 44 heavy (non-hydrogen) atoms. The van der Waals surface area contributed by atoms with Gasteiger partial charge >= 0.3 is 6.01 Å². The number of phenols is 1. The zero-order valence-electron chi connectivity index (χ0n) is 24.6. The van der Waals surface area contributed by atoms with Gasteiger partial charge in [0.15, 0.2) is 5.82 Å². The highest BCUT2D eigenvalue weighted by Gasteiger charge is 2.49. The monoisotopic (exact) mass is 596 g/mol. The molecular formula is C34H34F2N6O2. The third kappa shape index (κ3) is 4.36. The van der Waals surface area contributed by atoms with Crippen LogP contribution in [0.4, 0.5) is 14.6 Å². The van der Waals surface area contributed by atoms with Crippen LogP contribution in [0.25, 0.3) is 32.9 Å². The van der Waals surface area contributed by atoms with Gasteiger partial charge in [-0.25, -0.2) is 8.78 Å². The van der Waals surface area contributed by atoms with Crippen molar-refractivity contribution in [1.29, 1.82) is 0 Å². The molecule has 0 aliphatic carbocycles. The molecule has 4 atom stereocenters. The Morgan fingerprint density at radius 1 is 1.14 bits per heavy atom. The summed E-state index contributed by atoms with van der Waals surface area (Å²) < 4.78 is 35.7. The molecule has 2 N–H and O–H groups in total. The van der Waals surface area contributed by atoms with Crippen LogP contribution >= 0.6 is 0 Å². The molecule has 2 aromatic heterocycles. The molecule has 0 amide bonds. The van der Waals surface area contributed by atoms with E-state index in [1.807, 2.05) is 6.92 Å². The Bertz CT molecular complexity index is 1850. The number of rotatable bonds is 5. The number of fused-ring (bicyclic) bond motifs is 5. The lowest BCUT2D eigenvalue weighted by Gasteiger charge is -2.34. The lowest BCUT2D eigenvalue weighted by Crippen LogP contribution is -2.51. The number of piperazine rings is 1. The molecule has 0 spiro atoms.